The zero-order valence-electron chi connectivity index (χ0n) is 6.05. The molecule has 0 spiro atoms. The molecule has 0 aromatic heterocycles. The van der Waals surface area contributed by atoms with Crippen LogP contribution in [-0.2, 0) is 6.42 Å². The normalized spacial score (nSPS) is 15.5. The van der Waals surface area contributed by atoms with Crippen molar-refractivity contribution in [2.75, 3.05) is 0 Å². The maximum Gasteiger partial charge on any atom is 0.0315 e. The van der Waals surface area contributed by atoms with E-state index in [0.29, 0.717) is 0 Å². The summed E-state index contributed by atoms with van der Waals surface area (Å²) in [6.45, 7) is 0. The van der Waals surface area contributed by atoms with Crippen LogP contribution in [0.25, 0.3) is 0 Å². The number of rotatable bonds is 0. The monoisotopic (exact) mass is 163 g/mol. The van der Waals surface area contributed by atoms with E-state index in [1.54, 1.807) is 0 Å². The molecule has 0 atom stereocenters. The van der Waals surface area contributed by atoms with Crippen molar-refractivity contribution in [1.29, 1.82) is 0 Å². The van der Waals surface area contributed by atoms with E-state index in [-0.39, 0.29) is 0 Å². The Bertz CT molecular complexity index is 299. The Morgan fingerprint density at radius 2 is 2.00 bits per heavy atom. The summed E-state index contributed by atoms with van der Waals surface area (Å²) < 4.78 is 0. The molecule has 0 unspecified atom stereocenters. The molecule has 11 heavy (non-hydrogen) atoms. The maximum absolute atomic E-state index is 5.85. The second-order valence-corrected chi connectivity index (χ2v) is 3.07. The van der Waals surface area contributed by atoms with Crippen molar-refractivity contribution in [3.63, 3.8) is 0 Å². The van der Waals surface area contributed by atoms with Crippen LogP contribution in [0.15, 0.2) is 35.4 Å². The third-order valence-corrected chi connectivity index (χ3v) is 2.13. The minimum absolute atomic E-state index is 0.851. The molecule has 1 aliphatic rings. The minimum Gasteiger partial charge on any atom is -0.0888 e. The molecule has 0 fully saturated rings. The molecule has 2 rings (SSSR count). The quantitative estimate of drug-likeness (QED) is 0.552. The number of hydrogen-bond donors (Lipinski definition) is 0. The zero-order valence-corrected chi connectivity index (χ0v) is 6.81. The minimum atomic E-state index is 0.851. The zero-order chi connectivity index (χ0) is 7.68. The molecule has 1 aromatic carbocycles. The first kappa shape index (κ1) is 6.93. The van der Waals surface area contributed by atoms with Crippen molar-refractivity contribution < 1.29 is 0 Å². The summed E-state index contributed by atoms with van der Waals surface area (Å²) in [4.78, 5) is 0. The van der Waals surface area contributed by atoms with Gasteiger partial charge in [-0.2, -0.15) is 0 Å². The molecule has 1 aliphatic carbocycles. The summed E-state index contributed by atoms with van der Waals surface area (Å²) in [5.41, 5.74) is 2.61. The second-order valence-electron chi connectivity index (χ2n) is 2.64. The lowest BCUT2D eigenvalue weighted by Crippen LogP contribution is -1.96. The van der Waals surface area contributed by atoms with Gasteiger partial charge in [0.15, 0.2) is 0 Å². The number of benzene rings is 1. The number of hydrogen-bond acceptors (Lipinski definition) is 0. The van der Waals surface area contributed by atoms with Gasteiger partial charge in [0.2, 0.25) is 0 Å². The number of fused-ring (bicyclic) bond motifs is 1. The molecule has 0 saturated heterocycles. The van der Waals surface area contributed by atoms with E-state index < -0.39 is 0 Å². The molecule has 0 heterocycles. The summed E-state index contributed by atoms with van der Waals surface area (Å²) >= 11 is 5.85. The SMILES string of the molecule is ClC1=CCc2ccccc2[CH]1. The van der Waals surface area contributed by atoms with Crippen molar-refractivity contribution in [2.45, 2.75) is 6.42 Å². The van der Waals surface area contributed by atoms with Gasteiger partial charge < -0.3 is 0 Å². The lowest BCUT2D eigenvalue weighted by molar-refractivity contribution is 1.18. The van der Waals surface area contributed by atoms with Crippen LogP contribution in [0.4, 0.5) is 0 Å². The van der Waals surface area contributed by atoms with Gasteiger partial charge in [0.05, 0.1) is 0 Å². The lowest BCUT2D eigenvalue weighted by Gasteiger charge is -2.11. The molecule has 1 radical (unpaired) electrons. The van der Waals surface area contributed by atoms with Crippen LogP contribution in [0.5, 0.6) is 0 Å². The molecule has 1 heteroatoms. The summed E-state index contributed by atoms with van der Waals surface area (Å²) in [6.07, 6.45) is 5.00. The third kappa shape index (κ3) is 1.31. The van der Waals surface area contributed by atoms with Crippen molar-refractivity contribution >= 4 is 11.6 Å². The summed E-state index contributed by atoms with van der Waals surface area (Å²) in [7, 11) is 0. The molecule has 0 saturated carbocycles. The maximum atomic E-state index is 5.85. The van der Waals surface area contributed by atoms with Crippen LogP contribution < -0.4 is 0 Å². The van der Waals surface area contributed by atoms with Crippen molar-refractivity contribution in [3.05, 3.63) is 52.9 Å². The van der Waals surface area contributed by atoms with Gasteiger partial charge in [-0.25, -0.2) is 0 Å². The Labute approximate surface area is 71.5 Å². The fraction of sp³-hybridized carbons (Fsp3) is 0.100. The number of allylic oxidation sites excluding steroid dienone is 2. The van der Waals surface area contributed by atoms with Crippen LogP contribution in [0, 0.1) is 6.42 Å². The standard InChI is InChI=1S/C10H8Cl/c11-10-6-5-8-3-1-2-4-9(8)7-10/h1-4,6-7H,5H2. The Kier molecular flexibility index (Phi) is 1.71. The molecule has 0 nitrogen and oxygen atoms in total. The van der Waals surface area contributed by atoms with E-state index >= 15 is 0 Å². The van der Waals surface area contributed by atoms with Gasteiger partial charge in [-0.1, -0.05) is 41.9 Å². The van der Waals surface area contributed by atoms with Crippen LogP contribution in [0.3, 0.4) is 0 Å². The smallest absolute Gasteiger partial charge is 0.0315 e. The Morgan fingerprint density at radius 1 is 1.18 bits per heavy atom. The van der Waals surface area contributed by atoms with E-state index in [0.717, 1.165) is 11.5 Å². The fourth-order valence-corrected chi connectivity index (χ4v) is 1.47. The van der Waals surface area contributed by atoms with E-state index in [4.69, 9.17) is 11.6 Å². The summed E-state index contributed by atoms with van der Waals surface area (Å²) in [5, 5.41) is 0.851. The average molecular weight is 164 g/mol. The molecular weight excluding hydrogens is 156 g/mol. The Morgan fingerprint density at radius 3 is 2.91 bits per heavy atom. The molecular formula is C10H8Cl. The molecule has 1 aromatic rings. The molecule has 0 amide bonds. The summed E-state index contributed by atoms with van der Waals surface area (Å²) in [6, 6.07) is 8.31. The topological polar surface area (TPSA) is 0 Å². The predicted octanol–water partition coefficient (Wildman–Crippen LogP) is 2.92. The highest BCUT2D eigenvalue weighted by Crippen LogP contribution is 2.24. The largest absolute Gasteiger partial charge is 0.0888 e. The highest BCUT2D eigenvalue weighted by Gasteiger charge is 2.07. The van der Waals surface area contributed by atoms with Crippen LogP contribution >= 0.6 is 11.6 Å². The molecule has 0 aliphatic heterocycles. The van der Waals surface area contributed by atoms with E-state index in [2.05, 4.69) is 18.2 Å². The van der Waals surface area contributed by atoms with Gasteiger partial charge >= 0.3 is 0 Å². The predicted molar refractivity (Wildman–Crippen MR) is 47.5 cm³/mol. The Hall–Kier alpha value is -0.750. The first-order chi connectivity index (χ1) is 5.36. The van der Waals surface area contributed by atoms with E-state index in [9.17, 15) is 0 Å². The molecule has 0 N–H and O–H groups in total. The Balaban J connectivity index is 2.42. The van der Waals surface area contributed by atoms with Crippen molar-refractivity contribution in [2.24, 2.45) is 0 Å². The van der Waals surface area contributed by atoms with Crippen molar-refractivity contribution in [3.8, 4) is 0 Å². The fourth-order valence-electron chi connectivity index (χ4n) is 1.28. The highest BCUT2D eigenvalue weighted by atomic mass is 35.5. The van der Waals surface area contributed by atoms with Gasteiger partial charge in [0, 0.05) is 11.5 Å². The first-order valence-corrected chi connectivity index (χ1v) is 4.02. The highest BCUT2D eigenvalue weighted by molar-refractivity contribution is 6.31. The third-order valence-electron chi connectivity index (χ3n) is 1.87. The summed E-state index contributed by atoms with van der Waals surface area (Å²) in [5.74, 6) is 0. The first-order valence-electron chi connectivity index (χ1n) is 3.64. The average Bonchev–Trinajstić information content (AvgIpc) is 2.04. The van der Waals surface area contributed by atoms with Crippen LogP contribution in [0.1, 0.15) is 11.1 Å². The molecule has 55 valence electrons. The van der Waals surface area contributed by atoms with Gasteiger partial charge in [0.25, 0.3) is 0 Å². The van der Waals surface area contributed by atoms with Gasteiger partial charge in [-0.05, 0) is 17.5 Å². The van der Waals surface area contributed by atoms with Crippen LogP contribution in [0.2, 0.25) is 0 Å². The van der Waals surface area contributed by atoms with E-state index in [1.807, 2.05) is 18.6 Å². The van der Waals surface area contributed by atoms with Gasteiger partial charge in [-0.3, -0.25) is 0 Å². The molecule has 0 bridgehead atoms. The van der Waals surface area contributed by atoms with Gasteiger partial charge in [-0.15, -0.1) is 0 Å². The number of halogens is 1. The second kappa shape index (κ2) is 2.71. The van der Waals surface area contributed by atoms with Gasteiger partial charge in [0.1, 0.15) is 0 Å². The van der Waals surface area contributed by atoms with E-state index in [1.165, 1.54) is 11.1 Å². The lowest BCUT2D eigenvalue weighted by atomic mass is 9.97. The van der Waals surface area contributed by atoms with Crippen molar-refractivity contribution in [1.82, 2.24) is 0 Å². The van der Waals surface area contributed by atoms with Crippen LogP contribution in [-0.4, -0.2) is 0 Å².